The van der Waals surface area contributed by atoms with Gasteiger partial charge in [-0.05, 0) is 48.9 Å². The predicted molar refractivity (Wildman–Crippen MR) is 83.6 cm³/mol. The van der Waals surface area contributed by atoms with Gasteiger partial charge in [0.05, 0.1) is 0 Å². The average Bonchev–Trinajstić information content (AvgIpc) is 2.45. The van der Waals surface area contributed by atoms with Crippen molar-refractivity contribution in [3.8, 4) is 11.8 Å². The van der Waals surface area contributed by atoms with Gasteiger partial charge in [0.25, 0.3) is 0 Å². The van der Waals surface area contributed by atoms with Crippen molar-refractivity contribution in [2.24, 2.45) is 0 Å². The number of halogens is 1. The summed E-state index contributed by atoms with van der Waals surface area (Å²) in [5, 5.41) is 0.624. The lowest BCUT2D eigenvalue weighted by atomic mass is 10.1. The first-order valence-corrected chi connectivity index (χ1v) is 6.58. The second kappa shape index (κ2) is 6.75. The van der Waals surface area contributed by atoms with Crippen LogP contribution in [0.1, 0.15) is 23.6 Å². The molecule has 0 fully saturated rings. The molecule has 2 aromatic rings. The molecule has 2 aromatic carbocycles. The number of carbonyl (C=O) groups is 1. The molecule has 0 aliphatic rings. The Labute approximate surface area is 123 Å². The van der Waals surface area contributed by atoms with E-state index in [4.69, 9.17) is 11.6 Å². The van der Waals surface area contributed by atoms with Crippen molar-refractivity contribution in [2.45, 2.75) is 6.92 Å². The Bertz CT molecular complexity index is 703. The van der Waals surface area contributed by atoms with Crippen molar-refractivity contribution in [2.75, 3.05) is 0 Å². The molecule has 98 valence electrons. The summed E-state index contributed by atoms with van der Waals surface area (Å²) >= 11 is 5.98. The van der Waals surface area contributed by atoms with E-state index in [2.05, 4.69) is 11.8 Å². The van der Waals surface area contributed by atoms with Crippen LogP contribution in [-0.2, 0) is 4.79 Å². The molecule has 0 spiro atoms. The molecule has 0 N–H and O–H groups in total. The third kappa shape index (κ3) is 4.12. The summed E-state index contributed by atoms with van der Waals surface area (Å²) < 4.78 is 0. The molecular formula is C18H13ClO. The van der Waals surface area contributed by atoms with Crippen LogP contribution in [0.4, 0.5) is 0 Å². The summed E-state index contributed by atoms with van der Waals surface area (Å²) in [5.74, 6) is 6.20. The first-order valence-electron chi connectivity index (χ1n) is 6.20. The van der Waals surface area contributed by atoms with E-state index in [0.717, 1.165) is 16.7 Å². The molecule has 0 amide bonds. The zero-order chi connectivity index (χ0) is 14.4. The Hall–Kier alpha value is -2.30. The summed E-state index contributed by atoms with van der Waals surface area (Å²) in [6.07, 6.45) is 3.25. The normalized spacial score (nSPS) is 10.1. The van der Waals surface area contributed by atoms with Crippen molar-refractivity contribution >= 4 is 23.5 Å². The quantitative estimate of drug-likeness (QED) is 0.591. The Morgan fingerprint density at radius 3 is 2.55 bits per heavy atom. The smallest absolute Gasteiger partial charge is 0.152 e. The van der Waals surface area contributed by atoms with Crippen LogP contribution in [0, 0.1) is 11.8 Å². The lowest BCUT2D eigenvalue weighted by Crippen LogP contribution is -1.85. The van der Waals surface area contributed by atoms with Crippen LogP contribution in [0.3, 0.4) is 0 Å². The second-order valence-electron chi connectivity index (χ2n) is 4.29. The van der Waals surface area contributed by atoms with Gasteiger partial charge in [0, 0.05) is 16.1 Å². The van der Waals surface area contributed by atoms with Gasteiger partial charge >= 0.3 is 0 Å². The van der Waals surface area contributed by atoms with Crippen LogP contribution < -0.4 is 0 Å². The SMILES string of the molecule is CC(=O)/C=C/c1cc(Cl)ccc1C#Cc1ccccc1. The Morgan fingerprint density at radius 2 is 1.85 bits per heavy atom. The van der Waals surface area contributed by atoms with Crippen LogP contribution in [0.2, 0.25) is 5.02 Å². The summed E-state index contributed by atoms with van der Waals surface area (Å²) in [5.41, 5.74) is 2.64. The van der Waals surface area contributed by atoms with Crippen LogP contribution in [0.5, 0.6) is 0 Å². The van der Waals surface area contributed by atoms with E-state index >= 15 is 0 Å². The van der Waals surface area contributed by atoms with Gasteiger partial charge in [-0.1, -0.05) is 47.7 Å². The topological polar surface area (TPSA) is 17.1 Å². The molecule has 0 bridgehead atoms. The Balaban J connectivity index is 2.37. The van der Waals surface area contributed by atoms with E-state index in [1.807, 2.05) is 36.4 Å². The van der Waals surface area contributed by atoms with Gasteiger partial charge in [-0.15, -0.1) is 0 Å². The molecule has 2 rings (SSSR count). The van der Waals surface area contributed by atoms with Gasteiger partial charge in [-0.25, -0.2) is 0 Å². The molecule has 0 unspecified atom stereocenters. The maximum atomic E-state index is 11.0. The molecular weight excluding hydrogens is 268 g/mol. The molecule has 0 heterocycles. The van der Waals surface area contributed by atoms with Crippen molar-refractivity contribution in [3.05, 3.63) is 76.3 Å². The van der Waals surface area contributed by atoms with E-state index in [1.165, 1.54) is 13.0 Å². The zero-order valence-electron chi connectivity index (χ0n) is 11.1. The van der Waals surface area contributed by atoms with Crippen molar-refractivity contribution in [3.63, 3.8) is 0 Å². The molecule has 2 heteroatoms. The highest BCUT2D eigenvalue weighted by molar-refractivity contribution is 6.30. The minimum atomic E-state index is -0.00746. The fourth-order valence-electron chi connectivity index (χ4n) is 1.65. The molecule has 1 nitrogen and oxygen atoms in total. The number of ketones is 1. The summed E-state index contributed by atoms with van der Waals surface area (Å²) in [6.45, 7) is 1.51. The zero-order valence-corrected chi connectivity index (χ0v) is 11.8. The van der Waals surface area contributed by atoms with Gasteiger partial charge in [-0.3, -0.25) is 4.79 Å². The molecule has 0 saturated heterocycles. The first-order chi connectivity index (χ1) is 9.65. The van der Waals surface area contributed by atoms with Gasteiger partial charge in [0.2, 0.25) is 0 Å². The van der Waals surface area contributed by atoms with E-state index in [9.17, 15) is 4.79 Å². The second-order valence-corrected chi connectivity index (χ2v) is 4.73. The maximum Gasteiger partial charge on any atom is 0.152 e. The molecule has 0 aromatic heterocycles. The summed E-state index contributed by atoms with van der Waals surface area (Å²) in [7, 11) is 0. The average molecular weight is 281 g/mol. The van der Waals surface area contributed by atoms with Crippen molar-refractivity contribution in [1.82, 2.24) is 0 Å². The van der Waals surface area contributed by atoms with Crippen LogP contribution >= 0.6 is 11.6 Å². The van der Waals surface area contributed by atoms with E-state index in [0.29, 0.717) is 5.02 Å². The number of hydrogen-bond acceptors (Lipinski definition) is 1. The van der Waals surface area contributed by atoms with Crippen molar-refractivity contribution in [1.29, 1.82) is 0 Å². The van der Waals surface area contributed by atoms with E-state index in [1.54, 1.807) is 18.2 Å². The third-order valence-corrected chi connectivity index (χ3v) is 2.86. The van der Waals surface area contributed by atoms with Crippen LogP contribution in [0.25, 0.3) is 6.08 Å². The fourth-order valence-corrected chi connectivity index (χ4v) is 1.83. The molecule has 0 saturated carbocycles. The summed E-state index contributed by atoms with van der Waals surface area (Å²) in [6, 6.07) is 15.2. The molecule has 0 aliphatic heterocycles. The fraction of sp³-hybridized carbons (Fsp3) is 0.0556. The maximum absolute atomic E-state index is 11.0. The van der Waals surface area contributed by atoms with E-state index in [-0.39, 0.29) is 5.78 Å². The van der Waals surface area contributed by atoms with Gasteiger partial charge in [0.1, 0.15) is 0 Å². The van der Waals surface area contributed by atoms with Crippen LogP contribution in [0.15, 0.2) is 54.6 Å². The Kier molecular flexibility index (Phi) is 4.76. The molecule has 20 heavy (non-hydrogen) atoms. The number of carbonyl (C=O) groups excluding carboxylic acids is 1. The highest BCUT2D eigenvalue weighted by atomic mass is 35.5. The highest BCUT2D eigenvalue weighted by Gasteiger charge is 1.98. The standard InChI is InChI=1S/C18H13ClO/c1-14(20)7-9-17-13-18(19)12-11-16(17)10-8-15-5-3-2-4-6-15/h2-7,9,11-13H,1H3/b9-7+. The van der Waals surface area contributed by atoms with Gasteiger partial charge < -0.3 is 0 Å². The summed E-state index contributed by atoms with van der Waals surface area (Å²) in [4.78, 5) is 11.0. The Morgan fingerprint density at radius 1 is 1.10 bits per heavy atom. The van der Waals surface area contributed by atoms with Crippen LogP contribution in [-0.4, -0.2) is 5.78 Å². The number of benzene rings is 2. The monoisotopic (exact) mass is 280 g/mol. The lowest BCUT2D eigenvalue weighted by molar-refractivity contribution is -0.112. The number of rotatable bonds is 2. The van der Waals surface area contributed by atoms with Crippen molar-refractivity contribution < 1.29 is 4.79 Å². The first kappa shape index (κ1) is 14.1. The van der Waals surface area contributed by atoms with Gasteiger partial charge in [-0.2, -0.15) is 0 Å². The largest absolute Gasteiger partial charge is 0.295 e. The molecule has 0 atom stereocenters. The van der Waals surface area contributed by atoms with E-state index < -0.39 is 0 Å². The van der Waals surface area contributed by atoms with Gasteiger partial charge in [0.15, 0.2) is 5.78 Å². The number of allylic oxidation sites excluding steroid dienone is 1. The molecule has 0 aliphatic carbocycles. The third-order valence-electron chi connectivity index (χ3n) is 2.63. The minimum Gasteiger partial charge on any atom is -0.295 e. The lowest BCUT2D eigenvalue weighted by Gasteiger charge is -1.99. The highest BCUT2D eigenvalue weighted by Crippen LogP contribution is 2.17. The minimum absolute atomic E-state index is 0.00746. The number of hydrogen-bond donors (Lipinski definition) is 0. The predicted octanol–water partition coefficient (Wildman–Crippen LogP) is 4.34. The molecule has 0 radical (unpaired) electrons.